The second kappa shape index (κ2) is 5.70. The van der Waals surface area contributed by atoms with Crippen molar-refractivity contribution < 1.29 is 19.1 Å². The van der Waals surface area contributed by atoms with Crippen LogP contribution >= 0.6 is 0 Å². The van der Waals surface area contributed by atoms with Crippen molar-refractivity contribution in [3.05, 3.63) is 34.9 Å². The Balaban J connectivity index is 2.00. The molecule has 25 heavy (non-hydrogen) atoms. The number of esters is 1. The molecule has 0 N–H and O–H groups in total. The lowest BCUT2D eigenvalue weighted by molar-refractivity contribution is -0.132. The molecule has 0 saturated carbocycles. The highest BCUT2D eigenvalue weighted by molar-refractivity contribution is 5.91. The van der Waals surface area contributed by atoms with Crippen LogP contribution in [0, 0.1) is 0 Å². The number of hydrogen-bond acceptors (Lipinski definition) is 5. The van der Waals surface area contributed by atoms with Crippen LogP contribution in [-0.2, 0) is 21.4 Å². The van der Waals surface area contributed by atoms with Gasteiger partial charge in [0.1, 0.15) is 0 Å². The van der Waals surface area contributed by atoms with Crippen LogP contribution in [0.15, 0.2) is 18.2 Å². The number of hydrogen-bond donors (Lipinski definition) is 0. The first-order valence-electron chi connectivity index (χ1n) is 8.80. The van der Waals surface area contributed by atoms with Gasteiger partial charge in [-0.2, -0.15) is 0 Å². The van der Waals surface area contributed by atoms with Crippen molar-refractivity contribution in [3.8, 4) is 11.5 Å². The largest absolute Gasteiger partial charge is 0.493 e. The Bertz CT molecular complexity index is 797. The van der Waals surface area contributed by atoms with Crippen molar-refractivity contribution in [3.63, 3.8) is 0 Å². The molecule has 0 saturated heterocycles. The van der Waals surface area contributed by atoms with Crippen LogP contribution in [0.2, 0.25) is 0 Å². The molecular formula is C20H23NO4. The molecule has 0 amide bonds. The van der Waals surface area contributed by atoms with Gasteiger partial charge in [0.25, 0.3) is 0 Å². The molecule has 2 atom stereocenters. The van der Waals surface area contributed by atoms with Gasteiger partial charge in [0.05, 0.1) is 7.11 Å². The third kappa shape index (κ3) is 2.41. The standard InChI is InChI=1S/C20H23NO4/c1-12(22)25-19-16(24-3)10-13-6-9-21(2)15-11-20(18(19)17(13)15)7-4-14(23)5-8-20/h4,7,10,15H,5-6,8-9,11H2,1-3H3/t15-,20+/m0/s1. The minimum absolute atomic E-state index is 0.163. The van der Waals surface area contributed by atoms with Crippen LogP contribution in [0.5, 0.6) is 11.5 Å². The molecule has 5 heteroatoms. The summed E-state index contributed by atoms with van der Waals surface area (Å²) in [7, 11) is 3.75. The molecule has 1 heterocycles. The van der Waals surface area contributed by atoms with E-state index < -0.39 is 0 Å². The first-order chi connectivity index (χ1) is 11.9. The monoisotopic (exact) mass is 341 g/mol. The molecule has 1 aromatic carbocycles. The van der Waals surface area contributed by atoms with Gasteiger partial charge in [-0.15, -0.1) is 0 Å². The van der Waals surface area contributed by atoms with Gasteiger partial charge in [-0.3, -0.25) is 14.5 Å². The molecule has 1 aromatic rings. The van der Waals surface area contributed by atoms with E-state index in [1.54, 1.807) is 13.2 Å². The summed E-state index contributed by atoms with van der Waals surface area (Å²) in [5.41, 5.74) is 3.33. The number of nitrogens with zero attached hydrogens (tertiary/aromatic N) is 1. The normalized spacial score (nSPS) is 27.5. The number of carbonyl (C=O) groups is 2. The topological polar surface area (TPSA) is 55.8 Å². The van der Waals surface area contributed by atoms with Crippen molar-refractivity contribution in [2.24, 2.45) is 0 Å². The molecule has 5 nitrogen and oxygen atoms in total. The summed E-state index contributed by atoms with van der Waals surface area (Å²) in [5, 5.41) is 0. The van der Waals surface area contributed by atoms with Crippen LogP contribution < -0.4 is 9.47 Å². The average Bonchev–Trinajstić information content (AvgIpc) is 2.92. The van der Waals surface area contributed by atoms with E-state index >= 15 is 0 Å². The lowest BCUT2D eigenvalue weighted by Crippen LogP contribution is -2.31. The minimum Gasteiger partial charge on any atom is -0.493 e. The fraction of sp³-hybridized carbons (Fsp3) is 0.500. The number of methoxy groups -OCH3 is 1. The zero-order chi connectivity index (χ0) is 17.8. The first kappa shape index (κ1) is 16.3. The molecule has 132 valence electrons. The van der Waals surface area contributed by atoms with Crippen molar-refractivity contribution in [2.45, 2.75) is 44.1 Å². The highest BCUT2D eigenvalue weighted by Gasteiger charge is 2.50. The van der Waals surface area contributed by atoms with Gasteiger partial charge in [-0.25, -0.2) is 0 Å². The van der Waals surface area contributed by atoms with Gasteiger partial charge in [-0.05, 0) is 49.6 Å². The van der Waals surface area contributed by atoms with E-state index in [-0.39, 0.29) is 23.2 Å². The Kier molecular flexibility index (Phi) is 3.72. The first-order valence-corrected chi connectivity index (χ1v) is 8.80. The van der Waals surface area contributed by atoms with E-state index in [1.807, 2.05) is 12.1 Å². The SMILES string of the molecule is COc1cc2c3c(c1OC(C)=O)[C@@]1(C=CC(=O)CC1)C[C@@H]3N(C)CC2. The van der Waals surface area contributed by atoms with E-state index in [0.29, 0.717) is 17.9 Å². The van der Waals surface area contributed by atoms with Gasteiger partial charge in [-0.1, -0.05) is 6.08 Å². The molecule has 2 aliphatic carbocycles. The number of fused-ring (bicyclic) bond motifs is 1. The predicted octanol–water partition coefficient (Wildman–Crippen LogP) is 2.71. The second-order valence-electron chi connectivity index (χ2n) is 7.36. The summed E-state index contributed by atoms with van der Waals surface area (Å²) in [5.74, 6) is 0.952. The predicted molar refractivity (Wildman–Crippen MR) is 93.1 cm³/mol. The Hall–Kier alpha value is -2.14. The number of benzene rings is 1. The Morgan fingerprint density at radius 3 is 2.80 bits per heavy atom. The second-order valence-corrected chi connectivity index (χ2v) is 7.36. The Labute approximate surface area is 147 Å². The fourth-order valence-corrected chi connectivity index (χ4v) is 4.71. The third-order valence-corrected chi connectivity index (χ3v) is 5.90. The summed E-state index contributed by atoms with van der Waals surface area (Å²) in [6.45, 7) is 2.41. The molecule has 0 aromatic heterocycles. The van der Waals surface area contributed by atoms with Gasteiger partial charge < -0.3 is 9.47 Å². The summed E-state index contributed by atoms with van der Waals surface area (Å²) < 4.78 is 11.2. The number of ether oxygens (including phenoxy) is 2. The number of rotatable bonds is 2. The van der Waals surface area contributed by atoms with E-state index in [2.05, 4.69) is 11.9 Å². The molecule has 0 fully saturated rings. The number of likely N-dealkylation sites (N-methyl/N-ethyl adjacent to an activating group) is 1. The third-order valence-electron chi connectivity index (χ3n) is 5.90. The van der Waals surface area contributed by atoms with Crippen LogP contribution in [0.25, 0.3) is 0 Å². The van der Waals surface area contributed by atoms with E-state index in [4.69, 9.17) is 9.47 Å². The van der Waals surface area contributed by atoms with Gasteiger partial charge >= 0.3 is 5.97 Å². The Morgan fingerprint density at radius 1 is 1.36 bits per heavy atom. The highest BCUT2D eigenvalue weighted by atomic mass is 16.6. The van der Waals surface area contributed by atoms with Gasteiger partial charge in [0, 0.05) is 36.9 Å². The molecular weight excluding hydrogens is 318 g/mol. The van der Waals surface area contributed by atoms with Crippen LogP contribution in [-0.4, -0.2) is 37.4 Å². The molecule has 4 rings (SSSR count). The summed E-state index contributed by atoms with van der Waals surface area (Å²) in [6, 6.07) is 2.31. The summed E-state index contributed by atoms with van der Waals surface area (Å²) in [4.78, 5) is 25.9. The van der Waals surface area contributed by atoms with Gasteiger partial charge in [0.2, 0.25) is 0 Å². The highest BCUT2D eigenvalue weighted by Crippen LogP contribution is 2.59. The smallest absolute Gasteiger partial charge is 0.308 e. The van der Waals surface area contributed by atoms with E-state index in [0.717, 1.165) is 31.4 Å². The number of carbonyl (C=O) groups excluding carboxylic acids is 2. The lowest BCUT2D eigenvalue weighted by atomic mass is 9.73. The molecule has 3 aliphatic rings. The maximum absolute atomic E-state index is 11.8. The molecule has 1 aliphatic heterocycles. The summed E-state index contributed by atoms with van der Waals surface area (Å²) in [6.07, 6.45) is 6.87. The van der Waals surface area contributed by atoms with Crippen LogP contribution in [0.1, 0.15) is 48.9 Å². The van der Waals surface area contributed by atoms with Crippen molar-refractivity contribution in [1.29, 1.82) is 0 Å². The number of ketones is 1. The fourth-order valence-electron chi connectivity index (χ4n) is 4.71. The summed E-state index contributed by atoms with van der Waals surface area (Å²) >= 11 is 0. The van der Waals surface area contributed by atoms with E-state index in [1.165, 1.54) is 18.1 Å². The number of allylic oxidation sites excluding steroid dienone is 2. The van der Waals surface area contributed by atoms with Crippen molar-refractivity contribution >= 4 is 11.8 Å². The zero-order valence-electron chi connectivity index (χ0n) is 14.9. The maximum atomic E-state index is 11.8. The maximum Gasteiger partial charge on any atom is 0.308 e. The van der Waals surface area contributed by atoms with Crippen LogP contribution in [0.3, 0.4) is 0 Å². The Morgan fingerprint density at radius 2 is 2.16 bits per heavy atom. The zero-order valence-corrected chi connectivity index (χ0v) is 14.9. The van der Waals surface area contributed by atoms with Crippen molar-refractivity contribution in [1.82, 2.24) is 4.90 Å². The minimum atomic E-state index is -0.354. The molecule has 0 unspecified atom stereocenters. The lowest BCUT2D eigenvalue weighted by Gasteiger charge is -2.32. The molecule has 0 bridgehead atoms. The van der Waals surface area contributed by atoms with Gasteiger partial charge in [0.15, 0.2) is 17.3 Å². The quantitative estimate of drug-likeness (QED) is 0.611. The molecule has 0 radical (unpaired) electrons. The van der Waals surface area contributed by atoms with Crippen LogP contribution in [0.4, 0.5) is 0 Å². The average molecular weight is 341 g/mol. The van der Waals surface area contributed by atoms with Crippen molar-refractivity contribution in [2.75, 3.05) is 20.7 Å². The molecule has 1 spiro atoms. The van der Waals surface area contributed by atoms with E-state index in [9.17, 15) is 9.59 Å².